The lowest BCUT2D eigenvalue weighted by atomic mass is 9.81. The second kappa shape index (κ2) is 5.00. The lowest BCUT2D eigenvalue weighted by molar-refractivity contribution is -0.149. The second-order valence-corrected chi connectivity index (χ2v) is 5.67. The van der Waals surface area contributed by atoms with Gasteiger partial charge in [-0.25, -0.2) is 4.79 Å². The maximum Gasteiger partial charge on any atom is 0.321 e. The maximum atomic E-state index is 12.3. The number of pyridine rings is 1. The smallest absolute Gasteiger partial charge is 0.321 e. The number of hydrogen-bond acceptors (Lipinski definition) is 4. The molecule has 0 aromatic carbocycles. The number of carbonyl (C=O) groups is 2. The molecule has 0 saturated carbocycles. The number of likely N-dealkylation sites (tertiary alicyclic amines) is 1. The molecule has 2 amide bonds. The van der Waals surface area contributed by atoms with Crippen LogP contribution >= 0.6 is 0 Å². The number of carboxylic acids is 1. The molecule has 7 heteroatoms. The number of nitrogens with zero attached hydrogens (tertiary/aromatic N) is 2. The van der Waals surface area contributed by atoms with Crippen molar-refractivity contribution in [2.45, 2.75) is 6.92 Å². The third-order valence-electron chi connectivity index (χ3n) is 4.23. The molecule has 7 nitrogen and oxygen atoms in total. The largest absolute Gasteiger partial charge is 0.481 e. The number of hydrogen-bond donors (Lipinski definition) is 2. The van der Waals surface area contributed by atoms with Crippen molar-refractivity contribution in [1.29, 1.82) is 0 Å². The molecule has 1 aromatic heterocycles. The summed E-state index contributed by atoms with van der Waals surface area (Å²) >= 11 is 0. The van der Waals surface area contributed by atoms with Gasteiger partial charge in [-0.15, -0.1) is 0 Å². The Morgan fingerprint density at radius 1 is 1.57 bits per heavy atom. The van der Waals surface area contributed by atoms with Gasteiger partial charge in [0.2, 0.25) is 0 Å². The maximum absolute atomic E-state index is 12.3. The van der Waals surface area contributed by atoms with Gasteiger partial charge in [0.15, 0.2) is 0 Å². The van der Waals surface area contributed by atoms with Gasteiger partial charge in [0, 0.05) is 36.6 Å². The van der Waals surface area contributed by atoms with Crippen LogP contribution in [-0.2, 0) is 9.53 Å². The fraction of sp³-hybridized carbons (Fsp3) is 0.500. The monoisotopic (exact) mass is 291 g/mol. The van der Waals surface area contributed by atoms with Gasteiger partial charge in [0.05, 0.1) is 13.2 Å². The molecule has 2 atom stereocenters. The summed E-state index contributed by atoms with van der Waals surface area (Å²) in [6.45, 7) is 2.99. The van der Waals surface area contributed by atoms with Crippen molar-refractivity contribution in [1.82, 2.24) is 9.88 Å². The minimum Gasteiger partial charge on any atom is -0.481 e. The highest BCUT2D eigenvalue weighted by atomic mass is 16.5. The van der Waals surface area contributed by atoms with Crippen molar-refractivity contribution in [3.8, 4) is 0 Å². The number of urea groups is 1. The van der Waals surface area contributed by atoms with E-state index in [1.807, 2.05) is 6.92 Å². The number of anilines is 1. The Morgan fingerprint density at radius 2 is 2.38 bits per heavy atom. The molecule has 2 aliphatic rings. The summed E-state index contributed by atoms with van der Waals surface area (Å²) in [5, 5.41) is 12.2. The van der Waals surface area contributed by atoms with Gasteiger partial charge in [0.25, 0.3) is 0 Å². The summed E-state index contributed by atoms with van der Waals surface area (Å²) in [6, 6.07) is 3.19. The molecule has 0 radical (unpaired) electrons. The molecule has 1 aromatic rings. The van der Waals surface area contributed by atoms with Crippen molar-refractivity contribution in [2.24, 2.45) is 11.3 Å². The van der Waals surface area contributed by atoms with Crippen LogP contribution in [0, 0.1) is 18.3 Å². The summed E-state index contributed by atoms with van der Waals surface area (Å²) in [5.74, 6) is -1.03. The topological polar surface area (TPSA) is 91.8 Å². The summed E-state index contributed by atoms with van der Waals surface area (Å²) in [4.78, 5) is 29.4. The van der Waals surface area contributed by atoms with E-state index in [0.717, 1.165) is 5.69 Å². The standard InChI is InChI=1S/C14H17N3O4/c1-9-4-11(2-3-15-9)16-13(20)17-5-10-6-21-8-14(10,7-17)12(18)19/h2-4,10H,5-8H2,1H3,(H,18,19)(H,15,16,20)/t10-,14-/m1/s1. The third-order valence-corrected chi connectivity index (χ3v) is 4.23. The number of rotatable bonds is 2. The lowest BCUT2D eigenvalue weighted by Crippen LogP contribution is -2.41. The number of nitrogens with one attached hydrogen (secondary N) is 1. The van der Waals surface area contributed by atoms with Crippen LogP contribution < -0.4 is 5.32 Å². The van der Waals surface area contributed by atoms with E-state index < -0.39 is 11.4 Å². The van der Waals surface area contributed by atoms with Gasteiger partial charge in [-0.1, -0.05) is 0 Å². The number of aromatic nitrogens is 1. The van der Waals surface area contributed by atoms with Gasteiger partial charge < -0.3 is 20.1 Å². The van der Waals surface area contributed by atoms with Gasteiger partial charge in [-0.2, -0.15) is 0 Å². The van der Waals surface area contributed by atoms with Crippen LogP contribution in [0.25, 0.3) is 0 Å². The number of carbonyl (C=O) groups excluding carboxylic acids is 1. The molecule has 0 bridgehead atoms. The first-order chi connectivity index (χ1) is 10.0. The van der Waals surface area contributed by atoms with Crippen LogP contribution in [0.4, 0.5) is 10.5 Å². The van der Waals surface area contributed by atoms with E-state index in [0.29, 0.717) is 18.8 Å². The number of ether oxygens (including phenoxy) is 1. The van der Waals surface area contributed by atoms with Gasteiger partial charge in [-0.3, -0.25) is 9.78 Å². The van der Waals surface area contributed by atoms with Crippen molar-refractivity contribution < 1.29 is 19.4 Å². The molecule has 0 spiro atoms. The predicted molar refractivity (Wildman–Crippen MR) is 73.9 cm³/mol. The quantitative estimate of drug-likeness (QED) is 0.846. The number of amides is 2. The normalized spacial score (nSPS) is 27.5. The van der Waals surface area contributed by atoms with Crippen molar-refractivity contribution in [2.75, 3.05) is 31.6 Å². The van der Waals surface area contributed by atoms with Crippen LogP contribution in [0.1, 0.15) is 5.69 Å². The second-order valence-electron chi connectivity index (χ2n) is 5.67. The minimum atomic E-state index is -0.953. The first-order valence-corrected chi connectivity index (χ1v) is 6.81. The zero-order valence-corrected chi connectivity index (χ0v) is 11.7. The molecule has 2 saturated heterocycles. The number of aryl methyl sites for hydroxylation is 1. The van der Waals surface area contributed by atoms with Crippen LogP contribution in [0.3, 0.4) is 0 Å². The summed E-state index contributed by atoms with van der Waals surface area (Å²) in [5.41, 5.74) is 0.512. The number of fused-ring (bicyclic) bond motifs is 1. The molecule has 112 valence electrons. The first-order valence-electron chi connectivity index (χ1n) is 6.81. The zero-order valence-electron chi connectivity index (χ0n) is 11.7. The molecule has 2 N–H and O–H groups in total. The predicted octanol–water partition coefficient (Wildman–Crippen LogP) is 0.955. The average Bonchev–Trinajstić information content (AvgIpc) is 2.95. The summed E-state index contributed by atoms with van der Waals surface area (Å²) < 4.78 is 5.29. The SMILES string of the molecule is Cc1cc(NC(=O)N2C[C@@H]3COC[C@]3(C(=O)O)C2)ccn1. The van der Waals surface area contributed by atoms with E-state index >= 15 is 0 Å². The molecule has 3 rings (SSSR count). The average molecular weight is 291 g/mol. The molecular formula is C14H17N3O4. The Bertz CT molecular complexity index is 591. The van der Waals surface area contributed by atoms with E-state index in [1.165, 1.54) is 0 Å². The number of carboxylic acid groups (broad SMARTS) is 1. The Morgan fingerprint density at radius 3 is 3.05 bits per heavy atom. The van der Waals surface area contributed by atoms with E-state index in [2.05, 4.69) is 10.3 Å². The van der Waals surface area contributed by atoms with Gasteiger partial charge >= 0.3 is 12.0 Å². The molecule has 3 heterocycles. The molecule has 0 unspecified atom stereocenters. The Kier molecular flexibility index (Phi) is 3.29. The van der Waals surface area contributed by atoms with Gasteiger partial charge in [-0.05, 0) is 19.1 Å². The summed E-state index contributed by atoms with van der Waals surface area (Å²) in [7, 11) is 0. The van der Waals surface area contributed by atoms with Crippen molar-refractivity contribution in [3.05, 3.63) is 24.0 Å². The highest BCUT2D eigenvalue weighted by molar-refractivity contribution is 5.90. The Balaban J connectivity index is 1.71. The third kappa shape index (κ3) is 2.33. The fourth-order valence-corrected chi connectivity index (χ4v) is 3.02. The van der Waals surface area contributed by atoms with Crippen LogP contribution in [0.5, 0.6) is 0 Å². The molecular weight excluding hydrogens is 274 g/mol. The van der Waals surface area contributed by atoms with Crippen LogP contribution in [-0.4, -0.2) is 53.3 Å². The lowest BCUT2D eigenvalue weighted by Gasteiger charge is -2.22. The Labute approximate surface area is 121 Å². The first kappa shape index (κ1) is 13.8. The molecule has 2 aliphatic heterocycles. The van der Waals surface area contributed by atoms with E-state index in [-0.39, 0.29) is 25.1 Å². The molecule has 21 heavy (non-hydrogen) atoms. The highest BCUT2D eigenvalue weighted by Gasteiger charge is 2.57. The zero-order chi connectivity index (χ0) is 15.0. The van der Waals surface area contributed by atoms with Crippen LogP contribution in [0.15, 0.2) is 18.3 Å². The minimum absolute atomic E-state index is 0.139. The van der Waals surface area contributed by atoms with Crippen molar-refractivity contribution >= 4 is 17.7 Å². The Hall–Kier alpha value is -2.15. The van der Waals surface area contributed by atoms with Crippen LogP contribution in [0.2, 0.25) is 0 Å². The van der Waals surface area contributed by atoms with E-state index in [9.17, 15) is 14.7 Å². The highest BCUT2D eigenvalue weighted by Crippen LogP contribution is 2.41. The van der Waals surface area contributed by atoms with E-state index in [4.69, 9.17) is 4.74 Å². The molecule has 2 fully saturated rings. The fourth-order valence-electron chi connectivity index (χ4n) is 3.02. The van der Waals surface area contributed by atoms with E-state index in [1.54, 1.807) is 23.2 Å². The van der Waals surface area contributed by atoms with Gasteiger partial charge in [0.1, 0.15) is 5.41 Å². The van der Waals surface area contributed by atoms with Crippen molar-refractivity contribution in [3.63, 3.8) is 0 Å². The molecule has 0 aliphatic carbocycles. The summed E-state index contributed by atoms with van der Waals surface area (Å²) in [6.07, 6.45) is 1.62. The number of aliphatic carboxylic acids is 1.